The molecule has 0 bridgehead atoms. The number of hydrogen-bond donors (Lipinski definition) is 0. The SMILES string of the molecule is CCN(CC)C(=O)C1CCN(C(=O)COc2ccc(Cl)cc2)CC1. The van der Waals surface area contributed by atoms with Gasteiger partial charge in [-0.25, -0.2) is 0 Å². The molecule has 2 amide bonds. The van der Waals surface area contributed by atoms with Gasteiger partial charge in [0.25, 0.3) is 5.91 Å². The zero-order valence-electron chi connectivity index (χ0n) is 14.3. The molecule has 5 nitrogen and oxygen atoms in total. The molecule has 132 valence electrons. The summed E-state index contributed by atoms with van der Waals surface area (Å²) in [7, 11) is 0. The zero-order chi connectivity index (χ0) is 17.5. The van der Waals surface area contributed by atoms with Crippen LogP contribution in [0.25, 0.3) is 0 Å². The van der Waals surface area contributed by atoms with Crippen molar-refractivity contribution in [3.05, 3.63) is 29.3 Å². The van der Waals surface area contributed by atoms with Crippen LogP contribution in [0.5, 0.6) is 5.75 Å². The summed E-state index contributed by atoms with van der Waals surface area (Å²) < 4.78 is 5.50. The van der Waals surface area contributed by atoms with E-state index >= 15 is 0 Å². The molecule has 0 radical (unpaired) electrons. The molecule has 0 unspecified atom stereocenters. The highest BCUT2D eigenvalue weighted by atomic mass is 35.5. The number of carbonyl (C=O) groups excluding carboxylic acids is 2. The lowest BCUT2D eigenvalue weighted by Crippen LogP contribution is -2.45. The fourth-order valence-electron chi connectivity index (χ4n) is 2.94. The minimum absolute atomic E-state index is 0.0102. The first-order valence-electron chi connectivity index (χ1n) is 8.50. The monoisotopic (exact) mass is 352 g/mol. The average Bonchev–Trinajstić information content (AvgIpc) is 2.62. The number of likely N-dealkylation sites (tertiary alicyclic amines) is 1. The molecule has 1 heterocycles. The van der Waals surface area contributed by atoms with Crippen molar-refractivity contribution in [1.29, 1.82) is 0 Å². The van der Waals surface area contributed by atoms with Crippen molar-refractivity contribution in [2.24, 2.45) is 5.92 Å². The molecule has 1 aromatic rings. The number of carbonyl (C=O) groups is 2. The Balaban J connectivity index is 1.78. The number of ether oxygens (including phenoxy) is 1. The molecule has 1 aliphatic heterocycles. The third kappa shape index (κ3) is 4.87. The first kappa shape index (κ1) is 18.6. The molecule has 6 heteroatoms. The third-order valence-corrected chi connectivity index (χ3v) is 4.70. The smallest absolute Gasteiger partial charge is 0.260 e. The summed E-state index contributed by atoms with van der Waals surface area (Å²) in [6.45, 7) is 6.70. The number of halogens is 1. The minimum Gasteiger partial charge on any atom is -0.484 e. The summed E-state index contributed by atoms with van der Waals surface area (Å²) in [6, 6.07) is 6.94. The molecule has 1 aliphatic rings. The first-order chi connectivity index (χ1) is 11.5. The predicted octanol–water partition coefficient (Wildman–Crippen LogP) is 2.83. The van der Waals surface area contributed by atoms with Gasteiger partial charge in [-0.05, 0) is 51.0 Å². The Labute approximate surface area is 148 Å². The highest BCUT2D eigenvalue weighted by Crippen LogP contribution is 2.20. The van der Waals surface area contributed by atoms with Crippen LogP contribution in [0.15, 0.2) is 24.3 Å². The Hall–Kier alpha value is -1.75. The molecule has 2 rings (SSSR count). The zero-order valence-corrected chi connectivity index (χ0v) is 15.1. The second-order valence-electron chi connectivity index (χ2n) is 5.91. The predicted molar refractivity (Wildman–Crippen MR) is 94.2 cm³/mol. The average molecular weight is 353 g/mol. The number of rotatable bonds is 6. The van der Waals surface area contributed by atoms with E-state index in [1.807, 2.05) is 18.7 Å². The lowest BCUT2D eigenvalue weighted by molar-refractivity contribution is -0.141. The number of piperidine rings is 1. The van der Waals surface area contributed by atoms with Crippen molar-refractivity contribution >= 4 is 23.4 Å². The Morgan fingerprint density at radius 3 is 2.29 bits per heavy atom. The maximum atomic E-state index is 12.4. The second-order valence-corrected chi connectivity index (χ2v) is 6.34. The van der Waals surface area contributed by atoms with Crippen LogP contribution in [0.3, 0.4) is 0 Å². The first-order valence-corrected chi connectivity index (χ1v) is 8.87. The highest BCUT2D eigenvalue weighted by Gasteiger charge is 2.29. The van der Waals surface area contributed by atoms with Crippen LogP contribution < -0.4 is 4.74 Å². The van der Waals surface area contributed by atoms with Gasteiger partial charge in [-0.3, -0.25) is 9.59 Å². The van der Waals surface area contributed by atoms with Gasteiger partial charge in [-0.15, -0.1) is 0 Å². The van der Waals surface area contributed by atoms with Gasteiger partial charge in [0.15, 0.2) is 6.61 Å². The van der Waals surface area contributed by atoms with E-state index in [-0.39, 0.29) is 24.3 Å². The fourth-order valence-corrected chi connectivity index (χ4v) is 3.06. The molecular weight excluding hydrogens is 328 g/mol. The molecule has 1 fully saturated rings. The Bertz CT molecular complexity index is 550. The van der Waals surface area contributed by atoms with Crippen LogP contribution in [0.4, 0.5) is 0 Å². The molecule has 0 atom stereocenters. The lowest BCUT2D eigenvalue weighted by Gasteiger charge is -2.33. The highest BCUT2D eigenvalue weighted by molar-refractivity contribution is 6.30. The van der Waals surface area contributed by atoms with Crippen molar-refractivity contribution in [3.8, 4) is 5.75 Å². The Kier molecular flexibility index (Phi) is 6.91. The van der Waals surface area contributed by atoms with Crippen LogP contribution in [0.1, 0.15) is 26.7 Å². The van der Waals surface area contributed by atoms with Crippen molar-refractivity contribution < 1.29 is 14.3 Å². The fraction of sp³-hybridized carbons (Fsp3) is 0.556. The maximum Gasteiger partial charge on any atom is 0.260 e. The van der Waals surface area contributed by atoms with Gasteiger partial charge >= 0.3 is 0 Å². The molecule has 0 N–H and O–H groups in total. The molecular formula is C18H25ClN2O3. The van der Waals surface area contributed by atoms with E-state index in [4.69, 9.17) is 16.3 Å². The second kappa shape index (κ2) is 8.92. The van der Waals surface area contributed by atoms with Gasteiger partial charge in [-0.2, -0.15) is 0 Å². The van der Waals surface area contributed by atoms with Crippen LogP contribution in [0, 0.1) is 5.92 Å². The third-order valence-electron chi connectivity index (χ3n) is 4.45. The van der Waals surface area contributed by atoms with E-state index in [0.717, 1.165) is 25.9 Å². The lowest BCUT2D eigenvalue weighted by atomic mass is 9.95. The molecule has 0 aromatic heterocycles. The molecule has 1 saturated heterocycles. The minimum atomic E-state index is -0.0429. The number of benzene rings is 1. The maximum absolute atomic E-state index is 12.4. The summed E-state index contributed by atoms with van der Waals surface area (Å²) >= 11 is 5.82. The van der Waals surface area contributed by atoms with E-state index in [0.29, 0.717) is 23.9 Å². The number of amides is 2. The Morgan fingerprint density at radius 1 is 1.17 bits per heavy atom. The van der Waals surface area contributed by atoms with Crippen molar-refractivity contribution in [2.45, 2.75) is 26.7 Å². The summed E-state index contributed by atoms with van der Waals surface area (Å²) in [5.74, 6) is 0.827. The van der Waals surface area contributed by atoms with Gasteiger partial charge in [0, 0.05) is 37.1 Å². The van der Waals surface area contributed by atoms with Gasteiger partial charge in [0.05, 0.1) is 0 Å². The van der Waals surface area contributed by atoms with Crippen LogP contribution >= 0.6 is 11.6 Å². The molecule has 0 spiro atoms. The van der Waals surface area contributed by atoms with Crippen LogP contribution in [0.2, 0.25) is 5.02 Å². The van der Waals surface area contributed by atoms with E-state index in [1.54, 1.807) is 29.2 Å². The van der Waals surface area contributed by atoms with Gasteiger partial charge in [0.2, 0.25) is 5.91 Å². The number of hydrogen-bond acceptors (Lipinski definition) is 3. The summed E-state index contributed by atoms with van der Waals surface area (Å²) in [4.78, 5) is 28.2. The molecule has 0 aliphatic carbocycles. The van der Waals surface area contributed by atoms with E-state index in [9.17, 15) is 9.59 Å². The topological polar surface area (TPSA) is 49.9 Å². The largest absolute Gasteiger partial charge is 0.484 e. The van der Waals surface area contributed by atoms with Gasteiger partial charge in [-0.1, -0.05) is 11.6 Å². The quantitative estimate of drug-likeness (QED) is 0.791. The van der Waals surface area contributed by atoms with E-state index in [2.05, 4.69) is 0 Å². The standard InChI is InChI=1S/C18H25ClN2O3/c1-3-20(4-2)18(23)14-9-11-21(12-10-14)17(22)13-24-16-7-5-15(19)6-8-16/h5-8,14H,3-4,9-13H2,1-2H3. The molecule has 1 aromatic carbocycles. The van der Waals surface area contributed by atoms with Crippen LogP contribution in [-0.2, 0) is 9.59 Å². The van der Waals surface area contributed by atoms with Crippen molar-refractivity contribution in [1.82, 2.24) is 9.80 Å². The molecule has 24 heavy (non-hydrogen) atoms. The number of nitrogens with zero attached hydrogens (tertiary/aromatic N) is 2. The van der Waals surface area contributed by atoms with Crippen molar-refractivity contribution in [3.63, 3.8) is 0 Å². The van der Waals surface area contributed by atoms with Gasteiger partial charge < -0.3 is 14.5 Å². The molecule has 0 saturated carbocycles. The summed E-state index contributed by atoms with van der Waals surface area (Å²) in [5, 5.41) is 0.633. The summed E-state index contributed by atoms with van der Waals surface area (Å²) in [6.07, 6.45) is 1.45. The van der Waals surface area contributed by atoms with Crippen LogP contribution in [-0.4, -0.2) is 54.4 Å². The normalized spacial score (nSPS) is 15.2. The van der Waals surface area contributed by atoms with E-state index in [1.165, 1.54) is 0 Å². The van der Waals surface area contributed by atoms with Gasteiger partial charge in [0.1, 0.15) is 5.75 Å². The van der Waals surface area contributed by atoms with E-state index < -0.39 is 0 Å². The Morgan fingerprint density at radius 2 is 1.75 bits per heavy atom. The summed E-state index contributed by atoms with van der Waals surface area (Å²) in [5.41, 5.74) is 0. The van der Waals surface area contributed by atoms with Crippen molar-refractivity contribution in [2.75, 3.05) is 32.8 Å².